The summed E-state index contributed by atoms with van der Waals surface area (Å²) in [5.74, 6) is 0. The molecule has 1 aliphatic heterocycles. The summed E-state index contributed by atoms with van der Waals surface area (Å²) >= 11 is 0. The van der Waals surface area contributed by atoms with Crippen LogP contribution < -0.4 is 10.0 Å². The first-order valence-electron chi connectivity index (χ1n) is 7.42. The lowest BCUT2D eigenvalue weighted by Gasteiger charge is -2.34. The van der Waals surface area contributed by atoms with Gasteiger partial charge in [0.15, 0.2) is 0 Å². The summed E-state index contributed by atoms with van der Waals surface area (Å²) in [7, 11) is -3.97. The minimum atomic E-state index is -4.57. The van der Waals surface area contributed by atoms with E-state index in [0.29, 0.717) is 6.07 Å². The Balaban J connectivity index is 0.00000288. The fraction of sp³-hybridized carbons (Fsp3) is 0.600. The number of nitrogens with one attached hydrogen (secondary N) is 2. The molecular weight excluding hydrogens is 365 g/mol. The van der Waals surface area contributed by atoms with Crippen LogP contribution in [0.2, 0.25) is 0 Å². The zero-order valence-electron chi connectivity index (χ0n) is 13.5. The molecule has 0 saturated carbocycles. The van der Waals surface area contributed by atoms with Gasteiger partial charge in [0.25, 0.3) is 0 Å². The Bertz CT molecular complexity index is 672. The lowest BCUT2D eigenvalue weighted by molar-refractivity contribution is -0.138. The summed E-state index contributed by atoms with van der Waals surface area (Å²) in [5.41, 5.74) is -1.11. The highest BCUT2D eigenvalue weighted by Crippen LogP contribution is 2.33. The normalized spacial score (nSPS) is 18.0. The molecule has 0 radical (unpaired) electrons. The number of alkyl halides is 3. The van der Waals surface area contributed by atoms with E-state index in [4.69, 9.17) is 0 Å². The van der Waals surface area contributed by atoms with Gasteiger partial charge in [-0.2, -0.15) is 13.2 Å². The summed E-state index contributed by atoms with van der Waals surface area (Å²) in [6.07, 6.45) is -2.94. The molecule has 4 nitrogen and oxygen atoms in total. The maximum absolute atomic E-state index is 12.9. The van der Waals surface area contributed by atoms with Crippen molar-refractivity contribution >= 4 is 22.4 Å². The molecule has 0 aromatic heterocycles. The highest BCUT2D eigenvalue weighted by Gasteiger charge is 2.34. The Morgan fingerprint density at radius 2 is 1.83 bits per heavy atom. The number of benzene rings is 1. The van der Waals surface area contributed by atoms with Crippen LogP contribution in [0, 0.1) is 12.3 Å². The number of sulfonamides is 1. The molecule has 0 spiro atoms. The lowest BCUT2D eigenvalue weighted by Crippen LogP contribution is -2.42. The van der Waals surface area contributed by atoms with Crippen molar-refractivity contribution in [3.8, 4) is 0 Å². The Hall–Kier alpha value is -0.830. The molecule has 138 valence electrons. The second kappa shape index (κ2) is 7.59. The van der Waals surface area contributed by atoms with Gasteiger partial charge in [0.1, 0.15) is 0 Å². The molecule has 24 heavy (non-hydrogen) atoms. The van der Waals surface area contributed by atoms with Crippen LogP contribution in [-0.4, -0.2) is 28.1 Å². The van der Waals surface area contributed by atoms with Gasteiger partial charge in [-0.15, -0.1) is 12.4 Å². The average molecular weight is 387 g/mol. The molecule has 0 unspecified atom stereocenters. The fourth-order valence-electron chi connectivity index (χ4n) is 2.63. The molecule has 2 rings (SSSR count). The molecule has 1 aromatic rings. The zero-order valence-corrected chi connectivity index (χ0v) is 15.2. The van der Waals surface area contributed by atoms with Crippen molar-refractivity contribution in [3.05, 3.63) is 29.3 Å². The lowest BCUT2D eigenvalue weighted by atomic mass is 9.81. The summed E-state index contributed by atoms with van der Waals surface area (Å²) < 4.78 is 65.9. The molecule has 1 heterocycles. The molecule has 2 N–H and O–H groups in total. The molecule has 1 fully saturated rings. The van der Waals surface area contributed by atoms with Crippen molar-refractivity contribution in [2.45, 2.75) is 37.8 Å². The largest absolute Gasteiger partial charge is 0.416 e. The average Bonchev–Trinajstić information content (AvgIpc) is 2.45. The van der Waals surface area contributed by atoms with Crippen LogP contribution in [0.3, 0.4) is 0 Å². The minimum Gasteiger partial charge on any atom is -0.317 e. The van der Waals surface area contributed by atoms with E-state index in [-0.39, 0.29) is 34.8 Å². The molecule has 0 atom stereocenters. The molecule has 9 heteroatoms. The topological polar surface area (TPSA) is 58.2 Å². The van der Waals surface area contributed by atoms with Crippen molar-refractivity contribution in [1.82, 2.24) is 10.0 Å². The number of hydrogen-bond donors (Lipinski definition) is 2. The molecule has 0 bridgehead atoms. The summed E-state index contributed by atoms with van der Waals surface area (Å²) in [5, 5.41) is 3.20. The van der Waals surface area contributed by atoms with Crippen LogP contribution in [-0.2, 0) is 16.2 Å². The Morgan fingerprint density at radius 3 is 2.38 bits per heavy atom. The Labute approximate surface area is 146 Å². The van der Waals surface area contributed by atoms with E-state index in [1.165, 1.54) is 19.1 Å². The van der Waals surface area contributed by atoms with Gasteiger partial charge in [-0.3, -0.25) is 0 Å². The van der Waals surface area contributed by atoms with E-state index in [9.17, 15) is 21.6 Å². The molecular formula is C15H22ClF3N2O2S. The SMILES string of the molecule is Cc1ccc(S(=O)(=O)NCC2(C)CCNCC2)cc1C(F)(F)F.Cl. The second-order valence-corrected chi connectivity index (χ2v) is 8.13. The second-order valence-electron chi connectivity index (χ2n) is 6.36. The molecule has 0 aliphatic carbocycles. The predicted molar refractivity (Wildman–Crippen MR) is 88.8 cm³/mol. The van der Waals surface area contributed by atoms with E-state index in [1.54, 1.807) is 0 Å². The first-order valence-corrected chi connectivity index (χ1v) is 8.90. The van der Waals surface area contributed by atoms with Crippen LogP contribution >= 0.6 is 12.4 Å². The maximum atomic E-state index is 12.9. The molecule has 1 saturated heterocycles. The van der Waals surface area contributed by atoms with Crippen molar-refractivity contribution < 1.29 is 21.6 Å². The van der Waals surface area contributed by atoms with Gasteiger partial charge in [0, 0.05) is 6.54 Å². The van der Waals surface area contributed by atoms with Crippen molar-refractivity contribution in [2.75, 3.05) is 19.6 Å². The summed E-state index contributed by atoms with van der Waals surface area (Å²) in [6, 6.07) is 3.09. The minimum absolute atomic E-state index is 0. The van der Waals surface area contributed by atoms with Crippen LogP contribution in [0.25, 0.3) is 0 Å². The van der Waals surface area contributed by atoms with Crippen molar-refractivity contribution in [1.29, 1.82) is 0 Å². The third kappa shape index (κ3) is 5.08. The number of hydrogen-bond acceptors (Lipinski definition) is 3. The fourth-order valence-corrected chi connectivity index (χ4v) is 3.86. The van der Waals surface area contributed by atoms with E-state index in [1.807, 2.05) is 6.92 Å². The van der Waals surface area contributed by atoms with Crippen LogP contribution in [0.1, 0.15) is 30.9 Å². The Kier molecular flexibility index (Phi) is 6.71. The monoisotopic (exact) mass is 386 g/mol. The summed E-state index contributed by atoms with van der Waals surface area (Å²) in [6.45, 7) is 5.11. The molecule has 0 amide bonds. The van der Waals surface area contributed by atoms with E-state index >= 15 is 0 Å². The standard InChI is InChI=1S/C15H21F3N2O2S.ClH/c1-11-3-4-12(9-13(11)15(16,17)18)23(21,22)20-10-14(2)5-7-19-8-6-14;/h3-4,9,19-20H,5-8,10H2,1-2H3;1H. The highest BCUT2D eigenvalue weighted by atomic mass is 35.5. The van der Waals surface area contributed by atoms with Gasteiger partial charge in [-0.05, 0) is 56.0 Å². The van der Waals surface area contributed by atoms with Crippen LogP contribution in [0.15, 0.2) is 23.1 Å². The quantitative estimate of drug-likeness (QED) is 0.836. The summed E-state index contributed by atoms with van der Waals surface area (Å²) in [4.78, 5) is -0.354. The first kappa shape index (κ1) is 21.2. The van der Waals surface area contributed by atoms with Crippen molar-refractivity contribution in [2.24, 2.45) is 5.41 Å². The number of aryl methyl sites for hydroxylation is 1. The van der Waals surface area contributed by atoms with E-state index < -0.39 is 21.8 Å². The number of halogens is 4. The number of rotatable bonds is 4. The van der Waals surface area contributed by atoms with Crippen LogP contribution in [0.5, 0.6) is 0 Å². The third-order valence-corrected chi connectivity index (χ3v) is 5.72. The predicted octanol–water partition coefficient (Wildman–Crippen LogP) is 3.10. The zero-order chi connectivity index (χ0) is 17.3. The van der Waals surface area contributed by atoms with E-state index in [0.717, 1.165) is 25.9 Å². The maximum Gasteiger partial charge on any atom is 0.416 e. The highest BCUT2D eigenvalue weighted by molar-refractivity contribution is 7.89. The molecule has 1 aromatic carbocycles. The van der Waals surface area contributed by atoms with E-state index in [2.05, 4.69) is 10.0 Å². The first-order chi connectivity index (χ1) is 10.5. The molecule has 1 aliphatic rings. The van der Waals surface area contributed by atoms with Gasteiger partial charge >= 0.3 is 6.18 Å². The van der Waals surface area contributed by atoms with Gasteiger partial charge < -0.3 is 5.32 Å². The van der Waals surface area contributed by atoms with Crippen molar-refractivity contribution in [3.63, 3.8) is 0 Å². The van der Waals surface area contributed by atoms with Gasteiger partial charge in [0.2, 0.25) is 10.0 Å². The van der Waals surface area contributed by atoms with Crippen LogP contribution in [0.4, 0.5) is 13.2 Å². The van der Waals surface area contributed by atoms with Gasteiger partial charge in [0.05, 0.1) is 10.5 Å². The Morgan fingerprint density at radius 1 is 1.25 bits per heavy atom. The van der Waals surface area contributed by atoms with Gasteiger partial charge in [-0.1, -0.05) is 13.0 Å². The smallest absolute Gasteiger partial charge is 0.317 e. The third-order valence-electron chi connectivity index (χ3n) is 4.32. The number of piperidine rings is 1. The van der Waals surface area contributed by atoms with Gasteiger partial charge in [-0.25, -0.2) is 13.1 Å².